The molecule has 0 aromatic carbocycles. The molecule has 1 atom stereocenters. The van der Waals surface area contributed by atoms with Gasteiger partial charge in [-0.3, -0.25) is 4.79 Å². The maximum atomic E-state index is 9.87. The predicted molar refractivity (Wildman–Crippen MR) is 29.0 cm³/mol. The van der Waals surface area contributed by atoms with E-state index in [0.717, 1.165) is 0 Å². The van der Waals surface area contributed by atoms with Crippen molar-refractivity contribution in [1.82, 2.24) is 0 Å². The molecule has 4 heteroatoms. The number of alkyl halides is 1. The van der Waals surface area contributed by atoms with Crippen LogP contribution in [0.5, 0.6) is 0 Å². The van der Waals surface area contributed by atoms with Crippen molar-refractivity contribution in [3.8, 4) is 0 Å². The van der Waals surface area contributed by atoms with E-state index in [2.05, 4.69) is 21.7 Å². The molecule has 0 aliphatic rings. The lowest BCUT2D eigenvalue weighted by Gasteiger charge is -1.96. The number of carbonyl (C=O) groups is 1. The summed E-state index contributed by atoms with van der Waals surface area (Å²) in [5.74, 6) is -0.697. The van der Waals surface area contributed by atoms with Gasteiger partial charge in [-0.1, -0.05) is 15.9 Å². The molecule has 1 amide bonds. The first-order valence-corrected chi connectivity index (χ1v) is 2.84. The molecule has 1 unspecified atom stereocenters. The molecule has 0 bridgehead atoms. The molecule has 42 valence electrons. The van der Waals surface area contributed by atoms with Gasteiger partial charge in [-0.25, -0.2) is 0 Å². The fraction of sp³-hybridized carbons (Fsp3) is 0.667. The minimum absolute atomic E-state index is 0.211. The Labute approximate surface area is 49.6 Å². The van der Waals surface area contributed by atoms with Gasteiger partial charge in [0.25, 0.3) is 0 Å². The Morgan fingerprint density at radius 1 is 2.00 bits per heavy atom. The van der Waals surface area contributed by atoms with Crippen LogP contribution in [0.4, 0.5) is 0 Å². The number of aliphatic hydroxyl groups excluding tert-OH is 1. The average molecular weight is 168 g/mol. The topological polar surface area (TPSA) is 63.3 Å². The third-order valence-corrected chi connectivity index (χ3v) is 1.09. The minimum atomic E-state index is -1.04. The first-order chi connectivity index (χ1) is 3.18. The number of hydrogen-bond donors (Lipinski definition) is 2. The summed E-state index contributed by atoms with van der Waals surface area (Å²) in [6.07, 6.45) is -1.04. The van der Waals surface area contributed by atoms with E-state index in [0.29, 0.717) is 0 Å². The van der Waals surface area contributed by atoms with Crippen LogP contribution in [0.1, 0.15) is 0 Å². The summed E-state index contributed by atoms with van der Waals surface area (Å²) in [6, 6.07) is 0. The maximum absolute atomic E-state index is 9.87. The molecule has 0 saturated carbocycles. The lowest BCUT2D eigenvalue weighted by atomic mass is 10.4. The number of amides is 1. The summed E-state index contributed by atoms with van der Waals surface area (Å²) in [5.41, 5.74) is 4.63. The van der Waals surface area contributed by atoms with Gasteiger partial charge in [-0.05, 0) is 0 Å². The molecule has 0 aromatic heterocycles. The molecule has 0 aliphatic carbocycles. The standard InChI is InChI=1S/C3H6BrNO2/c4-1-2(6)3(5)7/h2,6H,1H2,(H2,5,7). The highest BCUT2D eigenvalue weighted by atomic mass is 79.9. The molecule has 0 rings (SSSR count). The Kier molecular flexibility index (Phi) is 2.95. The van der Waals surface area contributed by atoms with Gasteiger partial charge in [0, 0.05) is 5.33 Å². The Morgan fingerprint density at radius 2 is 2.43 bits per heavy atom. The third kappa shape index (κ3) is 2.59. The quantitative estimate of drug-likeness (QED) is 0.531. The lowest BCUT2D eigenvalue weighted by molar-refractivity contribution is -0.124. The van der Waals surface area contributed by atoms with Crippen molar-refractivity contribution in [1.29, 1.82) is 0 Å². The minimum Gasteiger partial charge on any atom is -0.382 e. The van der Waals surface area contributed by atoms with Gasteiger partial charge in [0.1, 0.15) is 6.10 Å². The fourth-order valence-electron chi connectivity index (χ4n) is 0.0760. The van der Waals surface area contributed by atoms with Crippen LogP contribution in [0.25, 0.3) is 0 Å². The van der Waals surface area contributed by atoms with Crippen molar-refractivity contribution in [2.75, 3.05) is 5.33 Å². The Morgan fingerprint density at radius 3 is 2.43 bits per heavy atom. The van der Waals surface area contributed by atoms with Crippen LogP contribution in [0.15, 0.2) is 0 Å². The fourth-order valence-corrected chi connectivity index (χ4v) is 0.395. The van der Waals surface area contributed by atoms with Crippen molar-refractivity contribution in [3.05, 3.63) is 0 Å². The molecule has 3 nitrogen and oxygen atoms in total. The third-order valence-electron chi connectivity index (χ3n) is 0.475. The van der Waals surface area contributed by atoms with Crippen LogP contribution in [-0.4, -0.2) is 22.4 Å². The first-order valence-electron chi connectivity index (χ1n) is 1.72. The normalized spacial score (nSPS) is 13.4. The van der Waals surface area contributed by atoms with Gasteiger partial charge >= 0.3 is 0 Å². The first kappa shape index (κ1) is 6.91. The highest BCUT2D eigenvalue weighted by Gasteiger charge is 2.05. The zero-order valence-corrected chi connectivity index (χ0v) is 5.18. The number of aliphatic hydroxyl groups is 1. The number of nitrogens with two attached hydrogens (primary N) is 1. The van der Waals surface area contributed by atoms with Crippen LogP contribution >= 0.6 is 15.9 Å². The van der Waals surface area contributed by atoms with Crippen molar-refractivity contribution in [2.24, 2.45) is 5.73 Å². The average Bonchev–Trinajstić information content (AvgIpc) is 1.65. The second-order valence-corrected chi connectivity index (χ2v) is 1.72. The SMILES string of the molecule is NC(=O)C(O)CBr. The van der Waals surface area contributed by atoms with Gasteiger partial charge in [0.2, 0.25) is 5.91 Å². The highest BCUT2D eigenvalue weighted by molar-refractivity contribution is 9.09. The molecular formula is C3H6BrNO2. The molecule has 7 heavy (non-hydrogen) atoms. The molecule has 0 heterocycles. The van der Waals surface area contributed by atoms with E-state index < -0.39 is 12.0 Å². The molecular weight excluding hydrogens is 162 g/mol. The van der Waals surface area contributed by atoms with Crippen molar-refractivity contribution < 1.29 is 9.90 Å². The summed E-state index contributed by atoms with van der Waals surface area (Å²) in [4.78, 5) is 9.87. The van der Waals surface area contributed by atoms with Crippen LogP contribution in [0, 0.1) is 0 Å². The van der Waals surface area contributed by atoms with Crippen molar-refractivity contribution >= 4 is 21.8 Å². The van der Waals surface area contributed by atoms with Gasteiger partial charge < -0.3 is 10.8 Å². The zero-order valence-electron chi connectivity index (χ0n) is 3.60. The molecule has 0 fully saturated rings. The smallest absolute Gasteiger partial charge is 0.247 e. The summed E-state index contributed by atoms with van der Waals surface area (Å²) in [5, 5.41) is 8.62. The molecule has 0 saturated heterocycles. The largest absolute Gasteiger partial charge is 0.382 e. The van der Waals surface area contributed by atoms with Gasteiger partial charge in [-0.15, -0.1) is 0 Å². The van der Waals surface area contributed by atoms with Gasteiger partial charge in [-0.2, -0.15) is 0 Å². The molecule has 3 N–H and O–H groups in total. The summed E-state index contributed by atoms with van der Waals surface area (Å²) in [7, 11) is 0. The van der Waals surface area contributed by atoms with E-state index in [1.54, 1.807) is 0 Å². The number of primary amides is 1. The molecule has 0 aromatic rings. The molecule has 0 radical (unpaired) electrons. The van der Waals surface area contributed by atoms with Crippen molar-refractivity contribution in [3.63, 3.8) is 0 Å². The lowest BCUT2D eigenvalue weighted by Crippen LogP contribution is -2.29. The number of rotatable bonds is 2. The number of halogens is 1. The van der Waals surface area contributed by atoms with E-state index in [1.165, 1.54) is 0 Å². The predicted octanol–water partition coefficient (Wildman–Crippen LogP) is -0.773. The van der Waals surface area contributed by atoms with Crippen LogP contribution in [-0.2, 0) is 4.79 Å². The van der Waals surface area contributed by atoms with Crippen LogP contribution < -0.4 is 5.73 Å². The van der Waals surface area contributed by atoms with Crippen LogP contribution in [0.3, 0.4) is 0 Å². The van der Waals surface area contributed by atoms with E-state index >= 15 is 0 Å². The van der Waals surface area contributed by atoms with Gasteiger partial charge in [0.05, 0.1) is 0 Å². The summed E-state index contributed by atoms with van der Waals surface area (Å²) < 4.78 is 0. The summed E-state index contributed by atoms with van der Waals surface area (Å²) >= 11 is 2.86. The monoisotopic (exact) mass is 167 g/mol. The number of hydrogen-bond acceptors (Lipinski definition) is 2. The zero-order chi connectivity index (χ0) is 5.86. The Hall–Kier alpha value is -0.0900. The van der Waals surface area contributed by atoms with E-state index in [4.69, 9.17) is 5.11 Å². The van der Waals surface area contributed by atoms with E-state index in [9.17, 15) is 4.79 Å². The molecule has 0 aliphatic heterocycles. The maximum Gasteiger partial charge on any atom is 0.247 e. The summed E-state index contributed by atoms with van der Waals surface area (Å²) in [6.45, 7) is 0. The Bertz CT molecular complexity index is 75.3. The highest BCUT2D eigenvalue weighted by Crippen LogP contribution is 1.86. The number of carbonyl (C=O) groups excluding carboxylic acids is 1. The van der Waals surface area contributed by atoms with Gasteiger partial charge in [0.15, 0.2) is 0 Å². The van der Waals surface area contributed by atoms with Crippen LogP contribution in [0.2, 0.25) is 0 Å². The molecule has 0 spiro atoms. The second-order valence-electron chi connectivity index (χ2n) is 1.07. The van der Waals surface area contributed by atoms with E-state index in [1.807, 2.05) is 0 Å². The van der Waals surface area contributed by atoms with E-state index in [-0.39, 0.29) is 5.33 Å². The second kappa shape index (κ2) is 2.98. The Balaban J connectivity index is 3.34. The van der Waals surface area contributed by atoms with Crippen molar-refractivity contribution in [2.45, 2.75) is 6.10 Å².